The zero-order valence-corrected chi connectivity index (χ0v) is 7.99. The summed E-state index contributed by atoms with van der Waals surface area (Å²) < 4.78 is 1.70. The third kappa shape index (κ3) is 2.56. The molecule has 1 aromatic heterocycles. The molecule has 0 amide bonds. The van der Waals surface area contributed by atoms with Gasteiger partial charge in [-0.1, -0.05) is 6.92 Å². The molecule has 0 aliphatic carbocycles. The summed E-state index contributed by atoms with van der Waals surface area (Å²) in [5, 5.41) is 16.0. The first-order chi connectivity index (χ1) is 6.27. The van der Waals surface area contributed by atoms with E-state index in [1.807, 2.05) is 13.2 Å². The van der Waals surface area contributed by atoms with Crippen molar-refractivity contribution >= 4 is 0 Å². The number of aromatic nitrogens is 2. The largest absolute Gasteiger partial charge is 0.298 e. The van der Waals surface area contributed by atoms with Crippen LogP contribution in [0.3, 0.4) is 0 Å². The summed E-state index contributed by atoms with van der Waals surface area (Å²) >= 11 is 0. The molecule has 1 unspecified atom stereocenters. The van der Waals surface area contributed by atoms with E-state index in [1.165, 1.54) is 0 Å². The van der Waals surface area contributed by atoms with Gasteiger partial charge in [0.1, 0.15) is 6.04 Å². The molecular formula is C9H14N4. The van der Waals surface area contributed by atoms with Crippen molar-refractivity contribution < 1.29 is 0 Å². The van der Waals surface area contributed by atoms with Crippen LogP contribution in [0.5, 0.6) is 0 Å². The van der Waals surface area contributed by atoms with E-state index in [2.05, 4.69) is 23.4 Å². The standard InChI is InChI=1S/C9H14N4/c1-3-4-11-9(5-10)8-6-12-13(2)7-8/h6-7,9,11H,3-4H2,1-2H3. The van der Waals surface area contributed by atoms with Gasteiger partial charge in [0, 0.05) is 18.8 Å². The topological polar surface area (TPSA) is 53.6 Å². The third-order valence-corrected chi connectivity index (χ3v) is 1.79. The molecule has 1 N–H and O–H groups in total. The van der Waals surface area contributed by atoms with E-state index < -0.39 is 0 Å². The molecule has 0 bridgehead atoms. The maximum Gasteiger partial charge on any atom is 0.124 e. The SMILES string of the molecule is CCCNC(C#N)c1cnn(C)c1. The van der Waals surface area contributed by atoms with Crippen LogP contribution in [0.4, 0.5) is 0 Å². The molecule has 0 saturated carbocycles. The Morgan fingerprint density at radius 2 is 2.54 bits per heavy atom. The van der Waals surface area contributed by atoms with E-state index in [-0.39, 0.29) is 6.04 Å². The molecule has 0 aromatic carbocycles. The first-order valence-corrected chi connectivity index (χ1v) is 4.39. The van der Waals surface area contributed by atoms with Crippen molar-refractivity contribution in [2.45, 2.75) is 19.4 Å². The number of hydrogen-bond donors (Lipinski definition) is 1. The van der Waals surface area contributed by atoms with E-state index in [0.29, 0.717) is 0 Å². The summed E-state index contributed by atoms with van der Waals surface area (Å²) in [5.74, 6) is 0. The van der Waals surface area contributed by atoms with Gasteiger partial charge in [0.2, 0.25) is 0 Å². The lowest BCUT2D eigenvalue weighted by Crippen LogP contribution is -2.20. The Balaban J connectivity index is 2.63. The number of nitrogens with zero attached hydrogens (tertiary/aromatic N) is 3. The average molecular weight is 178 g/mol. The maximum atomic E-state index is 8.87. The highest BCUT2D eigenvalue weighted by molar-refractivity contribution is 5.17. The number of aryl methyl sites for hydroxylation is 1. The van der Waals surface area contributed by atoms with Gasteiger partial charge in [-0.25, -0.2) is 0 Å². The van der Waals surface area contributed by atoms with Crippen molar-refractivity contribution in [3.63, 3.8) is 0 Å². The van der Waals surface area contributed by atoms with Gasteiger partial charge in [-0.3, -0.25) is 10.00 Å². The average Bonchev–Trinajstić information content (AvgIpc) is 2.54. The quantitative estimate of drug-likeness (QED) is 0.747. The summed E-state index contributed by atoms with van der Waals surface area (Å²) in [5.41, 5.74) is 0.929. The van der Waals surface area contributed by atoms with Gasteiger partial charge in [0.05, 0.1) is 12.3 Å². The molecule has 1 aromatic rings. The minimum atomic E-state index is -0.228. The predicted molar refractivity (Wildman–Crippen MR) is 49.9 cm³/mol. The molecule has 0 aliphatic rings. The number of nitrogens with one attached hydrogen (secondary N) is 1. The Morgan fingerprint density at radius 3 is 3.00 bits per heavy atom. The smallest absolute Gasteiger partial charge is 0.124 e. The van der Waals surface area contributed by atoms with E-state index in [4.69, 9.17) is 5.26 Å². The van der Waals surface area contributed by atoms with Crippen LogP contribution in [-0.4, -0.2) is 16.3 Å². The highest BCUT2D eigenvalue weighted by Crippen LogP contribution is 2.09. The molecule has 1 atom stereocenters. The van der Waals surface area contributed by atoms with Crippen LogP contribution < -0.4 is 5.32 Å². The highest BCUT2D eigenvalue weighted by atomic mass is 15.2. The minimum absolute atomic E-state index is 0.228. The zero-order valence-electron chi connectivity index (χ0n) is 7.99. The lowest BCUT2D eigenvalue weighted by Gasteiger charge is -2.07. The van der Waals surface area contributed by atoms with Gasteiger partial charge in [-0.05, 0) is 13.0 Å². The summed E-state index contributed by atoms with van der Waals surface area (Å²) in [6.45, 7) is 2.93. The zero-order chi connectivity index (χ0) is 9.68. The second-order valence-electron chi connectivity index (χ2n) is 2.96. The van der Waals surface area contributed by atoms with Crippen molar-refractivity contribution in [3.05, 3.63) is 18.0 Å². The first-order valence-electron chi connectivity index (χ1n) is 4.39. The van der Waals surface area contributed by atoms with Gasteiger partial charge in [-0.15, -0.1) is 0 Å². The third-order valence-electron chi connectivity index (χ3n) is 1.79. The number of hydrogen-bond acceptors (Lipinski definition) is 3. The molecule has 1 rings (SSSR count). The Labute approximate surface area is 78.2 Å². The first kappa shape index (κ1) is 9.75. The van der Waals surface area contributed by atoms with Crippen molar-refractivity contribution in [1.29, 1.82) is 5.26 Å². The molecule has 1 heterocycles. The summed E-state index contributed by atoms with van der Waals surface area (Å²) in [7, 11) is 1.84. The van der Waals surface area contributed by atoms with E-state index >= 15 is 0 Å². The molecular weight excluding hydrogens is 164 g/mol. The second-order valence-corrected chi connectivity index (χ2v) is 2.96. The van der Waals surface area contributed by atoms with Crippen LogP contribution in [0.15, 0.2) is 12.4 Å². The predicted octanol–water partition coefficient (Wildman–Crippen LogP) is 0.984. The monoisotopic (exact) mass is 178 g/mol. The molecule has 13 heavy (non-hydrogen) atoms. The molecule has 0 saturated heterocycles. The molecule has 70 valence electrons. The summed E-state index contributed by atoms with van der Waals surface area (Å²) in [4.78, 5) is 0. The lowest BCUT2D eigenvalue weighted by molar-refractivity contribution is 0.620. The van der Waals surface area contributed by atoms with Gasteiger partial charge in [0.15, 0.2) is 0 Å². The molecule has 0 aliphatic heterocycles. The Bertz CT molecular complexity index is 297. The minimum Gasteiger partial charge on any atom is -0.298 e. The Kier molecular flexibility index (Phi) is 3.47. The lowest BCUT2D eigenvalue weighted by atomic mass is 10.2. The molecule has 0 radical (unpaired) electrons. The fourth-order valence-electron chi connectivity index (χ4n) is 1.12. The molecule has 4 heteroatoms. The van der Waals surface area contributed by atoms with Crippen LogP contribution in [0.25, 0.3) is 0 Å². The highest BCUT2D eigenvalue weighted by Gasteiger charge is 2.10. The van der Waals surface area contributed by atoms with Crippen LogP contribution in [0, 0.1) is 11.3 Å². The van der Waals surface area contributed by atoms with Crippen molar-refractivity contribution in [3.8, 4) is 6.07 Å². The molecule has 0 fully saturated rings. The maximum absolute atomic E-state index is 8.87. The van der Waals surface area contributed by atoms with Crippen molar-refractivity contribution in [2.75, 3.05) is 6.54 Å². The Hall–Kier alpha value is -1.34. The fourth-order valence-corrected chi connectivity index (χ4v) is 1.12. The van der Waals surface area contributed by atoms with Gasteiger partial charge >= 0.3 is 0 Å². The fraction of sp³-hybridized carbons (Fsp3) is 0.556. The normalized spacial score (nSPS) is 12.4. The molecule has 4 nitrogen and oxygen atoms in total. The van der Waals surface area contributed by atoms with Crippen LogP contribution in [0.2, 0.25) is 0 Å². The second kappa shape index (κ2) is 4.63. The van der Waals surface area contributed by atoms with Gasteiger partial charge in [0.25, 0.3) is 0 Å². The van der Waals surface area contributed by atoms with E-state index in [1.54, 1.807) is 10.9 Å². The number of nitriles is 1. The number of rotatable bonds is 4. The van der Waals surface area contributed by atoms with Crippen molar-refractivity contribution in [2.24, 2.45) is 7.05 Å². The molecule has 0 spiro atoms. The van der Waals surface area contributed by atoms with Crippen LogP contribution >= 0.6 is 0 Å². The van der Waals surface area contributed by atoms with Gasteiger partial charge in [-0.2, -0.15) is 10.4 Å². The summed E-state index contributed by atoms with van der Waals surface area (Å²) in [6, 6.07) is 1.97. The summed E-state index contributed by atoms with van der Waals surface area (Å²) in [6.07, 6.45) is 4.60. The van der Waals surface area contributed by atoms with E-state index in [9.17, 15) is 0 Å². The van der Waals surface area contributed by atoms with Crippen LogP contribution in [0.1, 0.15) is 24.9 Å². The van der Waals surface area contributed by atoms with E-state index in [0.717, 1.165) is 18.5 Å². The van der Waals surface area contributed by atoms with Crippen LogP contribution in [-0.2, 0) is 7.05 Å². The Morgan fingerprint density at radius 1 is 1.77 bits per heavy atom. The van der Waals surface area contributed by atoms with Gasteiger partial charge < -0.3 is 0 Å². The van der Waals surface area contributed by atoms with Crippen molar-refractivity contribution in [1.82, 2.24) is 15.1 Å².